The Balaban J connectivity index is 1.29. The molecule has 0 bridgehead atoms. The van der Waals surface area contributed by atoms with Crippen molar-refractivity contribution in [3.05, 3.63) is 23.8 Å². The topological polar surface area (TPSA) is 83.4 Å². The van der Waals surface area contributed by atoms with Gasteiger partial charge in [-0.15, -0.1) is 0 Å². The predicted molar refractivity (Wildman–Crippen MR) is 95.6 cm³/mol. The van der Waals surface area contributed by atoms with Crippen LogP contribution in [0.5, 0.6) is 11.5 Å². The molecule has 2 fully saturated rings. The van der Waals surface area contributed by atoms with Crippen LogP contribution < -0.4 is 14.8 Å². The van der Waals surface area contributed by atoms with Crippen molar-refractivity contribution in [2.45, 2.75) is 44.6 Å². The van der Waals surface area contributed by atoms with Crippen molar-refractivity contribution in [3.8, 4) is 11.5 Å². The zero-order valence-electron chi connectivity index (χ0n) is 14.8. The fourth-order valence-electron chi connectivity index (χ4n) is 3.92. The van der Waals surface area contributed by atoms with Gasteiger partial charge in [0.15, 0.2) is 17.3 Å². The zero-order chi connectivity index (χ0) is 17.9. The van der Waals surface area contributed by atoms with E-state index in [1.165, 1.54) is 19.3 Å². The molecule has 2 aliphatic heterocycles. The molecule has 1 aliphatic carbocycles. The highest BCUT2D eigenvalue weighted by atomic mass is 16.7. The molecule has 1 aromatic carbocycles. The third kappa shape index (κ3) is 3.62. The number of carbonyl (C=O) groups excluding carboxylic acids is 1. The van der Waals surface area contributed by atoms with E-state index in [1.54, 1.807) is 18.2 Å². The van der Waals surface area contributed by atoms with Crippen LogP contribution in [-0.2, 0) is 4.79 Å². The minimum absolute atomic E-state index is 0.113. The van der Waals surface area contributed by atoms with Gasteiger partial charge < -0.3 is 24.9 Å². The fourth-order valence-corrected chi connectivity index (χ4v) is 3.92. The molecule has 3 aliphatic rings. The van der Waals surface area contributed by atoms with E-state index in [4.69, 9.17) is 9.47 Å². The highest BCUT2D eigenvalue weighted by Gasteiger charge is 2.29. The maximum atomic E-state index is 12.4. The number of hydrogen-bond donors (Lipinski definition) is 2. The molecule has 26 heavy (non-hydrogen) atoms. The van der Waals surface area contributed by atoms with Gasteiger partial charge in [0.2, 0.25) is 12.7 Å². The molecule has 1 saturated heterocycles. The standard InChI is InChI=1S/C19H25N3O4/c23-18(10-13-6-8-22(9-7-13)15-2-1-3-15)20-19(21-24)14-4-5-16-17(11-14)26-12-25-16/h4-5,11,13,15,24H,1-3,6-10,12H2,(H,20,21,23). The lowest BCUT2D eigenvalue weighted by atomic mass is 9.87. The first-order valence-corrected chi connectivity index (χ1v) is 9.39. The Hall–Kier alpha value is -2.28. The summed E-state index contributed by atoms with van der Waals surface area (Å²) in [6.45, 7) is 2.35. The highest BCUT2D eigenvalue weighted by Crippen LogP contribution is 2.33. The van der Waals surface area contributed by atoms with Crippen LogP contribution in [0.1, 0.15) is 44.1 Å². The smallest absolute Gasteiger partial charge is 0.231 e. The lowest BCUT2D eigenvalue weighted by Crippen LogP contribution is -2.45. The number of likely N-dealkylation sites (tertiary alicyclic amines) is 1. The van der Waals surface area contributed by atoms with Gasteiger partial charge >= 0.3 is 0 Å². The van der Waals surface area contributed by atoms with Gasteiger partial charge in [-0.2, -0.15) is 0 Å². The molecule has 4 rings (SSSR count). The quantitative estimate of drug-likeness (QED) is 0.373. The summed E-state index contributed by atoms with van der Waals surface area (Å²) in [6.07, 6.45) is 6.59. The van der Waals surface area contributed by atoms with Gasteiger partial charge in [0.25, 0.3) is 0 Å². The summed E-state index contributed by atoms with van der Waals surface area (Å²) in [4.78, 5) is 15.0. The number of oxime groups is 1. The van der Waals surface area contributed by atoms with Gasteiger partial charge in [0, 0.05) is 18.0 Å². The number of nitrogens with zero attached hydrogens (tertiary/aromatic N) is 2. The average molecular weight is 359 g/mol. The Morgan fingerprint density at radius 1 is 1.19 bits per heavy atom. The Labute approximate surface area is 153 Å². The maximum Gasteiger partial charge on any atom is 0.231 e. The molecule has 7 heteroatoms. The van der Waals surface area contributed by atoms with Gasteiger partial charge in [-0.05, 0) is 62.9 Å². The lowest BCUT2D eigenvalue weighted by molar-refractivity contribution is -0.121. The van der Waals surface area contributed by atoms with Crippen LogP contribution in [0.2, 0.25) is 0 Å². The number of amides is 1. The second-order valence-corrected chi connectivity index (χ2v) is 7.33. The Bertz CT molecular complexity index is 694. The summed E-state index contributed by atoms with van der Waals surface area (Å²) in [5.74, 6) is 1.65. The number of benzene rings is 1. The predicted octanol–water partition coefficient (Wildman–Crippen LogP) is 2.32. The summed E-state index contributed by atoms with van der Waals surface area (Å²) in [5, 5.41) is 15.3. The summed E-state index contributed by atoms with van der Waals surface area (Å²) < 4.78 is 10.6. The Kier molecular flexibility index (Phi) is 4.97. The van der Waals surface area contributed by atoms with Crippen molar-refractivity contribution in [2.75, 3.05) is 19.9 Å². The molecule has 2 N–H and O–H groups in total. The third-order valence-corrected chi connectivity index (χ3v) is 5.72. The summed E-state index contributed by atoms with van der Waals surface area (Å²) in [6, 6.07) is 5.96. The monoisotopic (exact) mass is 359 g/mol. The molecular formula is C19H25N3O4. The second kappa shape index (κ2) is 7.53. The first-order chi connectivity index (χ1) is 12.7. The molecule has 140 valence electrons. The van der Waals surface area contributed by atoms with E-state index in [0.29, 0.717) is 29.4 Å². The van der Waals surface area contributed by atoms with E-state index in [-0.39, 0.29) is 18.5 Å². The van der Waals surface area contributed by atoms with Crippen LogP contribution >= 0.6 is 0 Å². The number of rotatable bonds is 4. The first-order valence-electron chi connectivity index (χ1n) is 9.39. The molecule has 0 spiro atoms. The van der Waals surface area contributed by atoms with Gasteiger partial charge in [-0.1, -0.05) is 11.6 Å². The lowest BCUT2D eigenvalue weighted by Gasteiger charge is -2.41. The van der Waals surface area contributed by atoms with Crippen LogP contribution in [0.4, 0.5) is 0 Å². The molecule has 2 heterocycles. The number of amidine groups is 1. The van der Waals surface area contributed by atoms with Gasteiger partial charge in [0.1, 0.15) is 0 Å². The van der Waals surface area contributed by atoms with Crippen LogP contribution in [-0.4, -0.2) is 47.8 Å². The maximum absolute atomic E-state index is 12.4. The summed E-state index contributed by atoms with van der Waals surface area (Å²) >= 11 is 0. The molecule has 7 nitrogen and oxygen atoms in total. The Morgan fingerprint density at radius 3 is 2.65 bits per heavy atom. The van der Waals surface area contributed by atoms with Crippen molar-refractivity contribution < 1.29 is 19.5 Å². The van der Waals surface area contributed by atoms with Crippen LogP contribution in [0.3, 0.4) is 0 Å². The van der Waals surface area contributed by atoms with Crippen molar-refractivity contribution in [1.82, 2.24) is 10.2 Å². The molecule has 0 atom stereocenters. The van der Waals surface area contributed by atoms with Crippen LogP contribution in [0.15, 0.2) is 23.4 Å². The zero-order valence-corrected chi connectivity index (χ0v) is 14.8. The molecule has 0 aromatic heterocycles. The van der Waals surface area contributed by atoms with Crippen LogP contribution in [0.25, 0.3) is 0 Å². The first kappa shape index (κ1) is 17.1. The van der Waals surface area contributed by atoms with Gasteiger partial charge in [-0.3, -0.25) is 4.79 Å². The average Bonchev–Trinajstić information content (AvgIpc) is 3.07. The van der Waals surface area contributed by atoms with E-state index in [1.807, 2.05) is 0 Å². The van der Waals surface area contributed by atoms with E-state index in [9.17, 15) is 10.0 Å². The highest BCUT2D eigenvalue weighted by molar-refractivity contribution is 6.08. The molecule has 1 amide bonds. The number of fused-ring (bicyclic) bond motifs is 1. The number of carbonyl (C=O) groups is 1. The summed E-state index contributed by atoms with van der Waals surface area (Å²) in [7, 11) is 0. The number of piperidine rings is 1. The normalized spacial score (nSPS) is 21.5. The third-order valence-electron chi connectivity index (χ3n) is 5.72. The number of hydrogen-bond acceptors (Lipinski definition) is 6. The number of ether oxygens (including phenoxy) is 2. The molecule has 1 saturated carbocycles. The van der Waals surface area contributed by atoms with Crippen molar-refractivity contribution in [2.24, 2.45) is 11.1 Å². The van der Waals surface area contributed by atoms with Gasteiger partial charge in [-0.25, -0.2) is 0 Å². The largest absolute Gasteiger partial charge is 0.454 e. The number of nitrogens with one attached hydrogen (secondary N) is 1. The van der Waals surface area contributed by atoms with Crippen molar-refractivity contribution in [1.29, 1.82) is 0 Å². The van der Waals surface area contributed by atoms with Crippen LogP contribution in [0, 0.1) is 5.92 Å². The minimum atomic E-state index is -0.113. The van der Waals surface area contributed by atoms with E-state index >= 15 is 0 Å². The van der Waals surface area contributed by atoms with Crippen molar-refractivity contribution >= 4 is 11.7 Å². The SMILES string of the molecule is O=C(CC1CCN(C2CCC2)CC1)N/C(=N/O)c1ccc2c(c1)OCO2. The summed E-state index contributed by atoms with van der Waals surface area (Å²) in [5.41, 5.74) is 0.588. The van der Waals surface area contributed by atoms with Crippen molar-refractivity contribution in [3.63, 3.8) is 0 Å². The fraction of sp³-hybridized carbons (Fsp3) is 0.579. The Morgan fingerprint density at radius 2 is 1.96 bits per heavy atom. The minimum Gasteiger partial charge on any atom is -0.454 e. The van der Waals surface area contributed by atoms with E-state index < -0.39 is 0 Å². The second-order valence-electron chi connectivity index (χ2n) is 7.33. The molecule has 0 radical (unpaired) electrons. The van der Waals surface area contributed by atoms with Gasteiger partial charge in [0.05, 0.1) is 0 Å². The van der Waals surface area contributed by atoms with E-state index in [2.05, 4.69) is 15.4 Å². The van der Waals surface area contributed by atoms with E-state index in [0.717, 1.165) is 32.0 Å². The molecule has 0 unspecified atom stereocenters. The molecule has 1 aromatic rings. The molecular weight excluding hydrogens is 334 g/mol.